The third-order valence-corrected chi connectivity index (χ3v) is 7.26. The van der Waals surface area contributed by atoms with Gasteiger partial charge in [0, 0.05) is 56.1 Å². The fourth-order valence-electron chi connectivity index (χ4n) is 5.70. The average Bonchev–Trinajstić information content (AvgIpc) is 3.27. The van der Waals surface area contributed by atoms with Gasteiger partial charge in [-0.05, 0) is 36.5 Å². The highest BCUT2D eigenvalue weighted by molar-refractivity contribution is 5.94. The predicted molar refractivity (Wildman–Crippen MR) is 133 cm³/mol. The number of hydrogen-bond acceptors (Lipinski definition) is 5. The fraction of sp³-hybridized carbons (Fsp3) is 0.393. The summed E-state index contributed by atoms with van der Waals surface area (Å²) in [5, 5.41) is 0. The predicted octanol–water partition coefficient (Wildman–Crippen LogP) is 4.19. The van der Waals surface area contributed by atoms with Crippen molar-refractivity contribution < 1.29 is 9.59 Å². The van der Waals surface area contributed by atoms with E-state index in [2.05, 4.69) is 45.8 Å². The molecule has 0 bridgehead atoms. The summed E-state index contributed by atoms with van der Waals surface area (Å²) in [5.74, 6) is 0.586. The van der Waals surface area contributed by atoms with Crippen LogP contribution in [-0.4, -0.2) is 61.7 Å². The maximum atomic E-state index is 13.7. The average molecular weight is 470 g/mol. The molecule has 0 unspecified atom stereocenters. The Balaban J connectivity index is 1.47. The van der Waals surface area contributed by atoms with E-state index in [1.165, 1.54) is 11.9 Å². The van der Waals surface area contributed by atoms with Gasteiger partial charge in [0.15, 0.2) is 0 Å². The Labute approximate surface area is 206 Å². The van der Waals surface area contributed by atoms with Crippen molar-refractivity contribution in [2.24, 2.45) is 5.92 Å². The summed E-state index contributed by atoms with van der Waals surface area (Å²) in [4.78, 5) is 43.5. The number of hydrogen-bond donors (Lipinski definition) is 0. The molecule has 1 aromatic carbocycles. The first-order valence-corrected chi connectivity index (χ1v) is 12.3. The van der Waals surface area contributed by atoms with Crippen LogP contribution in [0.1, 0.15) is 54.9 Å². The maximum Gasteiger partial charge on any atom is 0.255 e. The quantitative estimate of drug-likeness (QED) is 0.560. The first-order chi connectivity index (χ1) is 17.0. The molecule has 2 fully saturated rings. The summed E-state index contributed by atoms with van der Waals surface area (Å²) in [6.07, 6.45) is 8.86. The monoisotopic (exact) mass is 469 g/mol. The second-order valence-corrected chi connectivity index (χ2v) is 10.1. The van der Waals surface area contributed by atoms with Crippen LogP contribution in [0.3, 0.4) is 0 Å². The molecule has 0 saturated carbocycles. The Kier molecular flexibility index (Phi) is 6.32. The van der Waals surface area contributed by atoms with Crippen molar-refractivity contribution in [1.82, 2.24) is 24.8 Å². The highest BCUT2D eigenvalue weighted by atomic mass is 16.2. The number of likely N-dealkylation sites (tertiary alicyclic amines) is 2. The normalized spacial score (nSPS) is 22.3. The number of benzene rings is 1. The highest BCUT2D eigenvalue weighted by Gasteiger charge is 2.54. The summed E-state index contributed by atoms with van der Waals surface area (Å²) in [5.41, 5.74) is 2.88. The summed E-state index contributed by atoms with van der Waals surface area (Å²) in [6.45, 7) is 6.13. The zero-order chi connectivity index (χ0) is 24.4. The van der Waals surface area contributed by atoms with Crippen LogP contribution in [-0.2, 0) is 4.79 Å². The molecule has 2 atom stereocenters. The zero-order valence-corrected chi connectivity index (χ0v) is 20.3. The van der Waals surface area contributed by atoms with E-state index in [0.717, 1.165) is 24.1 Å². The molecule has 7 nitrogen and oxygen atoms in total. The number of piperidine rings is 1. The lowest BCUT2D eigenvalue weighted by Gasteiger charge is -2.49. The van der Waals surface area contributed by atoms with Crippen molar-refractivity contribution in [1.29, 1.82) is 0 Å². The molecule has 2 saturated heterocycles. The van der Waals surface area contributed by atoms with E-state index in [4.69, 9.17) is 0 Å². The molecule has 0 N–H and O–H groups in total. The van der Waals surface area contributed by atoms with Crippen molar-refractivity contribution in [2.45, 2.75) is 44.6 Å². The lowest BCUT2D eigenvalue weighted by atomic mass is 9.74. The molecular weight excluding hydrogens is 438 g/mol. The van der Waals surface area contributed by atoms with Gasteiger partial charge in [-0.25, -0.2) is 9.97 Å². The molecule has 180 valence electrons. The number of nitrogens with zero attached hydrogens (tertiary/aromatic N) is 5. The summed E-state index contributed by atoms with van der Waals surface area (Å²) in [7, 11) is 0. The van der Waals surface area contributed by atoms with Crippen molar-refractivity contribution in [3.05, 3.63) is 78.5 Å². The fourth-order valence-corrected chi connectivity index (χ4v) is 5.70. The van der Waals surface area contributed by atoms with Crippen molar-refractivity contribution >= 4 is 11.8 Å². The molecule has 2 aliphatic rings. The largest absolute Gasteiger partial charge is 0.336 e. The summed E-state index contributed by atoms with van der Waals surface area (Å²) in [6, 6.07) is 14.0. The Bertz CT molecular complexity index is 1180. The molecule has 2 aliphatic heterocycles. The maximum absolute atomic E-state index is 13.7. The highest BCUT2D eigenvalue weighted by Crippen LogP contribution is 2.46. The minimum absolute atomic E-state index is 0.0475. The SMILES string of the molecule is CC(C)CN1C(=O)CCC[C@]12CN(C(=O)c1ccc(-c3cncnc3)nc1)C[C@H]2c1ccccc1. The van der Waals surface area contributed by atoms with Crippen LogP contribution in [0, 0.1) is 5.92 Å². The van der Waals surface area contributed by atoms with E-state index in [9.17, 15) is 9.59 Å². The topological polar surface area (TPSA) is 79.3 Å². The Morgan fingerprint density at radius 2 is 1.86 bits per heavy atom. The third-order valence-electron chi connectivity index (χ3n) is 7.26. The lowest BCUT2D eigenvalue weighted by Crippen LogP contribution is -2.59. The molecule has 4 heterocycles. The van der Waals surface area contributed by atoms with Crippen LogP contribution in [0.15, 0.2) is 67.4 Å². The van der Waals surface area contributed by atoms with Gasteiger partial charge >= 0.3 is 0 Å². The summed E-state index contributed by atoms with van der Waals surface area (Å²) < 4.78 is 0. The van der Waals surface area contributed by atoms with Gasteiger partial charge in [0.1, 0.15) is 6.33 Å². The molecule has 0 aliphatic carbocycles. The molecule has 2 amide bonds. The van der Waals surface area contributed by atoms with Crippen molar-refractivity contribution in [3.8, 4) is 11.3 Å². The van der Waals surface area contributed by atoms with Gasteiger partial charge in [-0.1, -0.05) is 44.2 Å². The van der Waals surface area contributed by atoms with Crippen LogP contribution in [0.2, 0.25) is 0 Å². The van der Waals surface area contributed by atoms with Crippen LogP contribution < -0.4 is 0 Å². The molecule has 5 rings (SSSR count). The van der Waals surface area contributed by atoms with E-state index in [1.807, 2.05) is 35.2 Å². The second-order valence-electron chi connectivity index (χ2n) is 10.1. The first kappa shape index (κ1) is 23.1. The number of amides is 2. The number of rotatable bonds is 5. The van der Waals surface area contributed by atoms with E-state index in [1.54, 1.807) is 18.6 Å². The molecule has 35 heavy (non-hydrogen) atoms. The molecule has 1 spiro atoms. The van der Waals surface area contributed by atoms with Gasteiger partial charge < -0.3 is 9.80 Å². The van der Waals surface area contributed by atoms with Crippen LogP contribution in [0.4, 0.5) is 0 Å². The van der Waals surface area contributed by atoms with E-state index >= 15 is 0 Å². The smallest absolute Gasteiger partial charge is 0.255 e. The molecular formula is C28H31N5O2. The second kappa shape index (κ2) is 9.56. The van der Waals surface area contributed by atoms with Gasteiger partial charge in [-0.2, -0.15) is 0 Å². The van der Waals surface area contributed by atoms with Gasteiger partial charge in [-0.15, -0.1) is 0 Å². The van der Waals surface area contributed by atoms with E-state index in [0.29, 0.717) is 37.5 Å². The minimum atomic E-state index is -0.384. The van der Waals surface area contributed by atoms with Gasteiger partial charge in [0.2, 0.25) is 5.91 Å². The molecule has 3 aromatic rings. The van der Waals surface area contributed by atoms with Gasteiger partial charge in [0.05, 0.1) is 16.8 Å². The van der Waals surface area contributed by atoms with Crippen LogP contribution in [0.25, 0.3) is 11.3 Å². The Morgan fingerprint density at radius 1 is 1.09 bits per heavy atom. The molecule has 2 aromatic heterocycles. The molecule has 0 radical (unpaired) electrons. The number of pyridine rings is 1. The van der Waals surface area contributed by atoms with Crippen molar-refractivity contribution in [3.63, 3.8) is 0 Å². The number of carbonyl (C=O) groups is 2. The molecule has 7 heteroatoms. The number of carbonyl (C=O) groups excluding carboxylic acids is 2. The lowest BCUT2D eigenvalue weighted by molar-refractivity contribution is -0.143. The zero-order valence-electron chi connectivity index (χ0n) is 20.3. The summed E-state index contributed by atoms with van der Waals surface area (Å²) >= 11 is 0. The Morgan fingerprint density at radius 3 is 2.54 bits per heavy atom. The minimum Gasteiger partial charge on any atom is -0.336 e. The van der Waals surface area contributed by atoms with E-state index in [-0.39, 0.29) is 23.3 Å². The third kappa shape index (κ3) is 4.43. The van der Waals surface area contributed by atoms with Crippen LogP contribution in [0.5, 0.6) is 0 Å². The standard InChI is InChI=1S/C28H31N5O2/c1-20(2)16-33-26(34)9-6-12-28(33)18-32(17-24(28)21-7-4-3-5-8-21)27(35)22-10-11-25(31-15-22)23-13-29-19-30-14-23/h3-5,7-8,10-11,13-15,19-20,24H,6,9,12,16-18H2,1-2H3/t24-,28+/m0/s1. The number of aromatic nitrogens is 3. The van der Waals surface area contributed by atoms with E-state index < -0.39 is 0 Å². The van der Waals surface area contributed by atoms with Crippen LogP contribution >= 0.6 is 0 Å². The van der Waals surface area contributed by atoms with Crippen molar-refractivity contribution in [2.75, 3.05) is 19.6 Å². The van der Waals surface area contributed by atoms with Gasteiger partial charge in [0.25, 0.3) is 5.91 Å². The first-order valence-electron chi connectivity index (χ1n) is 12.3. The van der Waals surface area contributed by atoms with Gasteiger partial charge in [-0.3, -0.25) is 14.6 Å². The Hall–Kier alpha value is -3.61.